The van der Waals surface area contributed by atoms with E-state index in [4.69, 9.17) is 0 Å². The van der Waals surface area contributed by atoms with Gasteiger partial charge in [0.1, 0.15) is 13.2 Å². The van der Waals surface area contributed by atoms with Gasteiger partial charge in [0.15, 0.2) is 0 Å². The maximum Gasteiger partial charge on any atom is 0.508 e. The summed E-state index contributed by atoms with van der Waals surface area (Å²) in [6.07, 6.45) is -0.546. The van der Waals surface area contributed by atoms with Gasteiger partial charge < -0.3 is 9.47 Å². The van der Waals surface area contributed by atoms with Gasteiger partial charge in [-0.05, 0) is 0 Å². The van der Waals surface area contributed by atoms with Crippen LogP contribution in [-0.4, -0.2) is 19.4 Å². The van der Waals surface area contributed by atoms with E-state index in [0.717, 1.165) is 0 Å². The summed E-state index contributed by atoms with van der Waals surface area (Å²) in [5, 5.41) is 0. The van der Waals surface area contributed by atoms with Crippen molar-refractivity contribution in [2.75, 3.05) is 13.2 Å². The summed E-state index contributed by atoms with van der Waals surface area (Å²) < 4.78 is 57.8. The van der Waals surface area contributed by atoms with Crippen LogP contribution in [0.15, 0.2) is 0 Å². The summed E-state index contributed by atoms with van der Waals surface area (Å²) >= 11 is 0. The molecule has 3 nitrogen and oxygen atoms in total. The first-order valence-electron chi connectivity index (χ1n) is 2.53. The van der Waals surface area contributed by atoms with E-state index in [1.807, 2.05) is 0 Å². The molecule has 74 valence electrons. The standard InChI is InChI=1S/C3H4O3.F5P/c4-3-5-1-2-6-3;1-6(2,3,4)5/h1-2H2;. The topological polar surface area (TPSA) is 35.5 Å². The van der Waals surface area contributed by atoms with E-state index in [2.05, 4.69) is 9.47 Å². The summed E-state index contributed by atoms with van der Waals surface area (Å²) in [7, 11) is -8.55. The minimum Gasteiger partial charge on any atom is -0.431 e. The molecule has 12 heavy (non-hydrogen) atoms. The predicted octanol–water partition coefficient (Wildman–Crippen LogP) is 3.12. The first-order chi connectivity index (χ1) is 5.13. The zero-order valence-corrected chi connectivity index (χ0v) is 6.37. The molecule has 0 aromatic rings. The smallest absolute Gasteiger partial charge is 0.431 e. The molecule has 1 aliphatic heterocycles. The van der Waals surface area contributed by atoms with Crippen molar-refractivity contribution in [3.8, 4) is 0 Å². The van der Waals surface area contributed by atoms with Crippen molar-refractivity contribution >= 4 is 14.3 Å². The van der Waals surface area contributed by atoms with Gasteiger partial charge in [0.05, 0.1) is 0 Å². The Morgan fingerprint density at radius 1 is 1.00 bits per heavy atom. The number of carbonyl (C=O) groups excluding carboxylic acids is 1. The number of ether oxygens (including phenoxy) is 2. The maximum absolute atomic E-state index is 9.84. The van der Waals surface area contributed by atoms with Crippen LogP contribution in [0.25, 0.3) is 0 Å². The summed E-state index contributed by atoms with van der Waals surface area (Å²) in [5.41, 5.74) is 0. The normalized spacial score (nSPS) is 19.4. The van der Waals surface area contributed by atoms with Crippen LogP contribution in [0.1, 0.15) is 0 Å². The van der Waals surface area contributed by atoms with Gasteiger partial charge in [-0.1, -0.05) is 0 Å². The van der Waals surface area contributed by atoms with Gasteiger partial charge >= 0.3 is 35.3 Å². The van der Waals surface area contributed by atoms with Crippen LogP contribution in [0.4, 0.5) is 25.8 Å². The third-order valence-electron chi connectivity index (χ3n) is 0.523. The molecular weight excluding hydrogens is 210 g/mol. The zero-order chi connectivity index (χ0) is 9.85. The average Bonchev–Trinajstić information content (AvgIpc) is 2.09. The third kappa shape index (κ3) is 16.2. The van der Waals surface area contributed by atoms with Crippen LogP contribution < -0.4 is 0 Å². The second-order valence-electron chi connectivity index (χ2n) is 1.59. The average molecular weight is 214 g/mol. The minimum atomic E-state index is -8.55. The van der Waals surface area contributed by atoms with E-state index in [0.29, 0.717) is 13.2 Å². The van der Waals surface area contributed by atoms with Crippen LogP contribution in [-0.2, 0) is 9.47 Å². The molecule has 1 aliphatic rings. The largest absolute Gasteiger partial charge is 0.508 e. The molecule has 0 spiro atoms. The summed E-state index contributed by atoms with van der Waals surface area (Å²) in [6.45, 7) is 0.831. The molecule has 0 unspecified atom stereocenters. The van der Waals surface area contributed by atoms with Gasteiger partial charge in [0, 0.05) is 0 Å². The number of rotatable bonds is 0. The van der Waals surface area contributed by atoms with E-state index < -0.39 is 14.3 Å². The van der Waals surface area contributed by atoms with Crippen molar-refractivity contribution in [3.63, 3.8) is 0 Å². The molecule has 0 bridgehead atoms. The Morgan fingerprint density at radius 2 is 1.25 bits per heavy atom. The van der Waals surface area contributed by atoms with Gasteiger partial charge in [-0.3, -0.25) is 0 Å². The van der Waals surface area contributed by atoms with Crippen molar-refractivity contribution in [1.29, 1.82) is 0 Å². The quantitative estimate of drug-likeness (QED) is 0.353. The zero-order valence-electron chi connectivity index (χ0n) is 5.48. The van der Waals surface area contributed by atoms with Crippen LogP contribution >= 0.6 is 8.16 Å². The van der Waals surface area contributed by atoms with Gasteiger partial charge in [-0.25, -0.2) is 4.79 Å². The van der Waals surface area contributed by atoms with Gasteiger partial charge in [-0.15, -0.1) is 0 Å². The molecule has 0 atom stereocenters. The second-order valence-corrected chi connectivity index (χ2v) is 2.86. The van der Waals surface area contributed by atoms with Crippen LogP contribution in [0, 0.1) is 0 Å². The van der Waals surface area contributed by atoms with E-state index in [1.54, 1.807) is 0 Å². The van der Waals surface area contributed by atoms with Crippen LogP contribution in [0.3, 0.4) is 0 Å². The van der Waals surface area contributed by atoms with E-state index in [1.165, 1.54) is 0 Å². The molecule has 0 N–H and O–H groups in total. The fourth-order valence-corrected chi connectivity index (χ4v) is 0.292. The molecule has 1 rings (SSSR count). The molecule has 0 aromatic carbocycles. The molecule has 0 saturated carbocycles. The Balaban J connectivity index is 0.000000202. The second kappa shape index (κ2) is 3.38. The van der Waals surface area contributed by atoms with E-state index in [-0.39, 0.29) is 0 Å². The fourth-order valence-electron chi connectivity index (χ4n) is 0.292. The van der Waals surface area contributed by atoms with Gasteiger partial charge in [-0.2, -0.15) is 0 Å². The van der Waals surface area contributed by atoms with E-state index in [9.17, 15) is 25.8 Å². The fraction of sp³-hybridized carbons (Fsp3) is 0.667. The maximum atomic E-state index is 9.84. The molecule has 0 aromatic heterocycles. The van der Waals surface area contributed by atoms with Crippen molar-refractivity contribution < 1.29 is 35.3 Å². The number of hydrogen-bond donors (Lipinski definition) is 0. The summed E-state index contributed by atoms with van der Waals surface area (Å²) in [5.74, 6) is 0. The van der Waals surface area contributed by atoms with Crippen LogP contribution in [0.5, 0.6) is 0 Å². The Morgan fingerprint density at radius 3 is 1.33 bits per heavy atom. The van der Waals surface area contributed by atoms with Crippen molar-refractivity contribution in [1.82, 2.24) is 0 Å². The molecule has 1 saturated heterocycles. The Bertz CT molecular complexity index is 150. The number of hydrogen-bond acceptors (Lipinski definition) is 3. The molecule has 1 fully saturated rings. The van der Waals surface area contributed by atoms with E-state index >= 15 is 0 Å². The molecule has 0 amide bonds. The molecule has 0 radical (unpaired) electrons. The van der Waals surface area contributed by atoms with Crippen molar-refractivity contribution in [2.45, 2.75) is 0 Å². The van der Waals surface area contributed by atoms with Gasteiger partial charge in [0.2, 0.25) is 0 Å². The predicted molar refractivity (Wildman–Crippen MR) is 29.8 cm³/mol. The first kappa shape index (κ1) is 11.4. The van der Waals surface area contributed by atoms with Crippen molar-refractivity contribution in [3.05, 3.63) is 0 Å². The number of carbonyl (C=O) groups is 1. The summed E-state index contributed by atoms with van der Waals surface area (Å²) in [6, 6.07) is 0. The third-order valence-corrected chi connectivity index (χ3v) is 0.523. The van der Waals surface area contributed by atoms with Crippen LogP contribution in [0.2, 0.25) is 0 Å². The molecule has 0 aliphatic carbocycles. The SMILES string of the molecule is FP(F)(F)(F)F.O=C1OCCO1. The first-order valence-corrected chi connectivity index (χ1v) is 4.23. The number of halogens is 5. The Hall–Kier alpha value is -0.650. The monoisotopic (exact) mass is 214 g/mol. The molecule has 9 heteroatoms. The number of cyclic esters (lactones) is 2. The molecule has 1 heterocycles. The Kier molecular flexibility index (Phi) is 3.20. The Labute approximate surface area is 64.0 Å². The molecular formula is C3H4F5O3P. The summed E-state index contributed by atoms with van der Waals surface area (Å²) in [4.78, 5) is 9.80. The van der Waals surface area contributed by atoms with Crippen molar-refractivity contribution in [2.24, 2.45) is 0 Å². The van der Waals surface area contributed by atoms with Gasteiger partial charge in [0.25, 0.3) is 0 Å². The minimum absolute atomic E-state index is 0.416.